The molecule has 0 radical (unpaired) electrons. The normalized spacial score (nSPS) is 56.3. The molecule has 4 fully saturated rings. The van der Waals surface area contributed by atoms with Crippen molar-refractivity contribution < 1.29 is 23.8 Å². The van der Waals surface area contributed by atoms with Crippen molar-refractivity contribution in [1.29, 1.82) is 0 Å². The van der Waals surface area contributed by atoms with E-state index in [-0.39, 0.29) is 42.3 Å². The predicted molar refractivity (Wildman–Crippen MR) is 96.6 cm³/mol. The summed E-state index contributed by atoms with van der Waals surface area (Å²) in [5.41, 5.74) is -3.44. The number of aliphatic hydroxyl groups is 1. The van der Waals surface area contributed by atoms with Gasteiger partial charge in [0.2, 0.25) is 0 Å². The van der Waals surface area contributed by atoms with Gasteiger partial charge in [-0.05, 0) is 56.6 Å². The van der Waals surface area contributed by atoms with Gasteiger partial charge in [0.05, 0.1) is 6.10 Å². The second-order valence-corrected chi connectivity index (χ2v) is 9.85. The third kappa shape index (κ3) is 1.69. The fraction of sp³-hybridized carbons (Fsp3) is 0.727. The number of fused-ring (bicyclic) bond motifs is 6. The third-order valence-corrected chi connectivity index (χ3v) is 9.03. The number of carbonyl (C=O) groups is 2. The van der Waals surface area contributed by atoms with Crippen molar-refractivity contribution in [2.24, 2.45) is 28.6 Å². The number of hydrogen-bond donors (Lipinski definition) is 1. The quantitative estimate of drug-likeness (QED) is 0.708. The van der Waals surface area contributed by atoms with Gasteiger partial charge >= 0.3 is 0 Å². The predicted octanol–water partition coefficient (Wildman–Crippen LogP) is 2.94. The zero-order chi connectivity index (χ0) is 19.4. The number of carbonyl (C=O) groups excluding carboxylic acids is 2. The van der Waals surface area contributed by atoms with Gasteiger partial charge in [-0.1, -0.05) is 25.5 Å². The number of Topliss-reactive ketones (excluding diaryl/α,β-unsaturated/α-hetero) is 1. The van der Waals surface area contributed by atoms with Gasteiger partial charge in [0.1, 0.15) is 12.2 Å². The molecule has 0 aromatic rings. The second-order valence-electron chi connectivity index (χ2n) is 9.85. The zero-order valence-corrected chi connectivity index (χ0v) is 16.1. The fourth-order valence-corrected chi connectivity index (χ4v) is 7.72. The Labute approximate surface area is 158 Å². The van der Waals surface area contributed by atoms with E-state index in [2.05, 4.69) is 0 Å². The number of ketones is 2. The molecule has 4 aliphatic carbocycles. The first-order valence-electron chi connectivity index (χ1n) is 10.1. The number of aliphatic hydroxyl groups excluding tert-OH is 1. The van der Waals surface area contributed by atoms with Gasteiger partial charge in [-0.3, -0.25) is 9.59 Å². The lowest BCUT2D eigenvalue weighted by Crippen LogP contribution is -2.72. The van der Waals surface area contributed by atoms with Crippen LogP contribution in [0.2, 0.25) is 0 Å². The maximum atomic E-state index is 16.9. The summed E-state index contributed by atoms with van der Waals surface area (Å²) in [6.07, 6.45) is 5.65. The van der Waals surface area contributed by atoms with Gasteiger partial charge < -0.3 is 9.84 Å². The van der Waals surface area contributed by atoms with E-state index in [0.717, 1.165) is 12.0 Å². The molecule has 1 aliphatic heterocycles. The number of rotatable bonds is 0. The smallest absolute Gasteiger partial charge is 0.191 e. The highest BCUT2D eigenvalue weighted by molar-refractivity contribution is 6.01. The van der Waals surface area contributed by atoms with Crippen LogP contribution in [0.1, 0.15) is 46.5 Å². The number of alkyl halides is 1. The first-order chi connectivity index (χ1) is 12.6. The molecule has 5 rings (SSSR count). The van der Waals surface area contributed by atoms with Crippen LogP contribution in [0, 0.1) is 28.6 Å². The minimum Gasteiger partial charge on any atom is -0.390 e. The molecule has 8 atom stereocenters. The Morgan fingerprint density at radius 3 is 2.63 bits per heavy atom. The van der Waals surface area contributed by atoms with E-state index in [1.807, 2.05) is 20.8 Å². The second kappa shape index (κ2) is 4.98. The van der Waals surface area contributed by atoms with E-state index in [0.29, 0.717) is 12.8 Å². The molecule has 1 N–H and O–H groups in total. The molecule has 1 saturated heterocycles. The summed E-state index contributed by atoms with van der Waals surface area (Å²) in [5.74, 6) is -0.359. The Bertz CT molecular complexity index is 817. The summed E-state index contributed by atoms with van der Waals surface area (Å²) in [4.78, 5) is 24.5. The minimum atomic E-state index is -1.84. The van der Waals surface area contributed by atoms with Gasteiger partial charge in [0.25, 0.3) is 0 Å². The number of halogens is 1. The topological polar surface area (TPSA) is 63.6 Å². The van der Waals surface area contributed by atoms with E-state index >= 15 is 4.39 Å². The molecule has 1 heterocycles. The van der Waals surface area contributed by atoms with Crippen LogP contribution in [-0.2, 0) is 14.3 Å². The molecule has 5 heteroatoms. The Morgan fingerprint density at radius 1 is 1.26 bits per heavy atom. The van der Waals surface area contributed by atoms with Crippen LogP contribution in [0.25, 0.3) is 0 Å². The van der Waals surface area contributed by atoms with Crippen molar-refractivity contribution in [3.63, 3.8) is 0 Å². The molecule has 27 heavy (non-hydrogen) atoms. The molecule has 1 spiro atoms. The van der Waals surface area contributed by atoms with Gasteiger partial charge in [0, 0.05) is 16.7 Å². The molecule has 0 aromatic carbocycles. The summed E-state index contributed by atoms with van der Waals surface area (Å²) in [6.45, 7) is 6.00. The van der Waals surface area contributed by atoms with Gasteiger partial charge in [-0.2, -0.15) is 0 Å². The highest BCUT2D eigenvalue weighted by Gasteiger charge is 2.78. The number of ether oxygens (including phenoxy) is 1. The third-order valence-electron chi connectivity index (χ3n) is 9.03. The summed E-state index contributed by atoms with van der Waals surface area (Å²) >= 11 is 0. The summed E-state index contributed by atoms with van der Waals surface area (Å²) in [5, 5.41) is 11.2. The maximum absolute atomic E-state index is 16.9. The molecule has 1 unspecified atom stereocenters. The number of hydrogen-bond acceptors (Lipinski definition) is 4. The summed E-state index contributed by atoms with van der Waals surface area (Å²) < 4.78 is 22.8. The number of allylic oxidation sites excluding steroid dienone is 4. The fourth-order valence-electron chi connectivity index (χ4n) is 7.72. The van der Waals surface area contributed by atoms with Crippen molar-refractivity contribution in [3.8, 4) is 0 Å². The standard InChI is InChI=1S/C22H27FO4/c1-12-8-16-15-5-4-13-9-14(24)6-7-19(13,2)21(15,23)17(25)10-20(16,3)22(12)18(26)11-27-22/h6-7,9,12,15-17,25H,4-5,8,10-11H2,1-3H3/t12-,15?,16-,17-,19-,20-,21-,22-/m0/s1. The van der Waals surface area contributed by atoms with Gasteiger partial charge in [-0.15, -0.1) is 0 Å². The molecule has 5 aliphatic rings. The molecule has 0 amide bonds. The largest absolute Gasteiger partial charge is 0.390 e. The van der Waals surface area contributed by atoms with Gasteiger partial charge in [0.15, 0.2) is 17.2 Å². The highest BCUT2D eigenvalue weighted by Crippen LogP contribution is 2.72. The van der Waals surface area contributed by atoms with E-state index in [4.69, 9.17) is 4.74 Å². The summed E-state index contributed by atoms with van der Waals surface area (Å²) in [7, 11) is 0. The van der Waals surface area contributed by atoms with Crippen molar-refractivity contribution in [3.05, 3.63) is 23.8 Å². The average Bonchev–Trinajstić information content (AvgIpc) is 2.84. The van der Waals surface area contributed by atoms with Gasteiger partial charge in [-0.25, -0.2) is 4.39 Å². The Hall–Kier alpha value is -1.33. The SMILES string of the molecule is C[C@H]1C[C@H]2C3CCC4=CC(=O)C=C[C@]4(C)[C@@]3(F)[C@@H](O)C[C@]2(C)[C@]12OCC2=O. The van der Waals surface area contributed by atoms with Crippen LogP contribution >= 0.6 is 0 Å². The monoisotopic (exact) mass is 374 g/mol. The Morgan fingerprint density at radius 2 is 2.00 bits per heavy atom. The maximum Gasteiger partial charge on any atom is 0.191 e. The molecular weight excluding hydrogens is 347 g/mol. The molecule has 0 aromatic heterocycles. The van der Waals surface area contributed by atoms with Crippen LogP contribution in [0.5, 0.6) is 0 Å². The van der Waals surface area contributed by atoms with E-state index < -0.39 is 28.2 Å². The Balaban J connectivity index is 1.64. The highest BCUT2D eigenvalue weighted by atomic mass is 19.1. The van der Waals surface area contributed by atoms with Crippen LogP contribution in [0.3, 0.4) is 0 Å². The van der Waals surface area contributed by atoms with Crippen molar-refractivity contribution in [1.82, 2.24) is 0 Å². The zero-order valence-electron chi connectivity index (χ0n) is 16.1. The van der Waals surface area contributed by atoms with E-state index in [1.165, 1.54) is 6.08 Å². The Kier molecular flexibility index (Phi) is 3.27. The lowest BCUT2D eigenvalue weighted by atomic mass is 9.44. The molecule has 3 saturated carbocycles. The van der Waals surface area contributed by atoms with E-state index in [9.17, 15) is 14.7 Å². The van der Waals surface area contributed by atoms with Crippen molar-refractivity contribution in [2.45, 2.75) is 63.8 Å². The summed E-state index contributed by atoms with van der Waals surface area (Å²) in [6, 6.07) is 0. The molecule has 0 bridgehead atoms. The first-order valence-corrected chi connectivity index (χ1v) is 10.1. The van der Waals surface area contributed by atoms with Crippen molar-refractivity contribution >= 4 is 11.6 Å². The lowest BCUT2D eigenvalue weighted by molar-refractivity contribution is -0.250. The van der Waals surface area contributed by atoms with Crippen LogP contribution in [-0.4, -0.2) is 40.7 Å². The molecule has 146 valence electrons. The van der Waals surface area contributed by atoms with Crippen LogP contribution < -0.4 is 0 Å². The lowest BCUT2D eigenvalue weighted by Gasteiger charge is -2.64. The van der Waals surface area contributed by atoms with E-state index in [1.54, 1.807) is 12.2 Å². The van der Waals surface area contributed by atoms with Crippen molar-refractivity contribution in [2.75, 3.05) is 6.61 Å². The first kappa shape index (κ1) is 17.7. The molecule has 4 nitrogen and oxygen atoms in total. The molecular formula is C22H27FO4. The van der Waals surface area contributed by atoms with Crippen LogP contribution in [0.4, 0.5) is 4.39 Å². The average molecular weight is 374 g/mol. The van der Waals surface area contributed by atoms with Crippen LogP contribution in [0.15, 0.2) is 23.8 Å². The minimum absolute atomic E-state index is 0.0189.